The molecule has 1 fully saturated rings. The summed E-state index contributed by atoms with van der Waals surface area (Å²) in [6.45, 7) is 4.58. The van der Waals surface area contributed by atoms with E-state index in [1.165, 1.54) is 11.8 Å². The minimum atomic E-state index is -0.448. The van der Waals surface area contributed by atoms with E-state index >= 15 is 0 Å². The van der Waals surface area contributed by atoms with Crippen LogP contribution in [0.1, 0.15) is 45.1 Å². The van der Waals surface area contributed by atoms with Crippen LogP contribution in [0.3, 0.4) is 0 Å². The normalized spacial score (nSPS) is 24.4. The molecule has 0 aromatic heterocycles. The van der Waals surface area contributed by atoms with Crippen molar-refractivity contribution in [3.05, 3.63) is 59.1 Å². The van der Waals surface area contributed by atoms with Gasteiger partial charge in [-0.2, -0.15) is 0 Å². The third kappa shape index (κ3) is 5.09. The number of nitrogens with zero attached hydrogens (tertiary/aromatic N) is 1. The molecule has 1 N–H and O–H groups in total. The number of hydrogen-bond donors (Lipinski definition) is 1. The first-order valence-corrected chi connectivity index (χ1v) is 12.3. The van der Waals surface area contributed by atoms with E-state index in [2.05, 4.69) is 12.2 Å². The Hall–Kier alpha value is -1.98. The van der Waals surface area contributed by atoms with E-state index in [0.29, 0.717) is 11.6 Å². The van der Waals surface area contributed by atoms with Gasteiger partial charge in [0, 0.05) is 16.0 Å². The molecule has 164 valence electrons. The van der Waals surface area contributed by atoms with Crippen molar-refractivity contribution in [3.8, 4) is 0 Å². The zero-order valence-corrected chi connectivity index (χ0v) is 19.6. The number of rotatable bonds is 5. The van der Waals surface area contributed by atoms with Gasteiger partial charge in [-0.3, -0.25) is 9.59 Å². The van der Waals surface area contributed by atoms with Gasteiger partial charge in [0.1, 0.15) is 5.25 Å². The Morgan fingerprint density at radius 1 is 1.16 bits per heavy atom. The number of carbonyl (C=O) groups is 2. The van der Waals surface area contributed by atoms with Gasteiger partial charge in [0.2, 0.25) is 11.8 Å². The molecule has 31 heavy (non-hydrogen) atoms. The van der Waals surface area contributed by atoms with Crippen molar-refractivity contribution in [2.45, 2.75) is 62.3 Å². The molecule has 4 nitrogen and oxygen atoms in total. The lowest BCUT2D eigenvalue weighted by Gasteiger charge is -2.36. The summed E-state index contributed by atoms with van der Waals surface area (Å²) in [5, 5.41) is 3.41. The second-order valence-electron chi connectivity index (χ2n) is 8.81. The summed E-state index contributed by atoms with van der Waals surface area (Å²) in [5.41, 5.74) is 1.86. The molecule has 2 aliphatic rings. The summed E-state index contributed by atoms with van der Waals surface area (Å²) >= 11 is 7.66. The quantitative estimate of drug-likeness (QED) is 0.629. The fourth-order valence-electron chi connectivity index (χ4n) is 4.41. The van der Waals surface area contributed by atoms with E-state index in [4.69, 9.17) is 11.6 Å². The zero-order valence-electron chi connectivity index (χ0n) is 18.0. The Morgan fingerprint density at radius 3 is 2.65 bits per heavy atom. The molecule has 0 bridgehead atoms. The number of fused-ring (bicyclic) bond motifs is 1. The predicted octanol–water partition coefficient (Wildman–Crippen LogP) is 5.68. The third-order valence-electron chi connectivity index (χ3n) is 6.38. The zero-order chi connectivity index (χ0) is 22.0. The molecule has 2 aromatic carbocycles. The Labute approximate surface area is 193 Å². The van der Waals surface area contributed by atoms with E-state index in [9.17, 15) is 9.59 Å². The van der Waals surface area contributed by atoms with Crippen LogP contribution >= 0.6 is 23.4 Å². The SMILES string of the molecule is CC1CCC(NC(=O)C(C)C2Sc3ccccc3N(Cc3cccc(Cl)c3)C2=O)CC1. The molecule has 1 aliphatic heterocycles. The van der Waals surface area contributed by atoms with Gasteiger partial charge in [0.05, 0.1) is 18.2 Å². The third-order valence-corrected chi connectivity index (χ3v) is 8.08. The summed E-state index contributed by atoms with van der Waals surface area (Å²) in [4.78, 5) is 29.4. The van der Waals surface area contributed by atoms with Crippen LogP contribution in [0.25, 0.3) is 0 Å². The van der Waals surface area contributed by atoms with Crippen LogP contribution in [0.2, 0.25) is 5.02 Å². The smallest absolute Gasteiger partial charge is 0.241 e. The van der Waals surface area contributed by atoms with E-state index < -0.39 is 11.2 Å². The first-order chi connectivity index (χ1) is 14.9. The average molecular weight is 457 g/mol. The number of amides is 2. The summed E-state index contributed by atoms with van der Waals surface area (Å²) in [6, 6.07) is 15.7. The van der Waals surface area contributed by atoms with Gasteiger partial charge >= 0.3 is 0 Å². The summed E-state index contributed by atoms with van der Waals surface area (Å²) in [6.07, 6.45) is 4.35. The highest BCUT2D eigenvalue weighted by atomic mass is 35.5. The molecule has 2 unspecified atom stereocenters. The van der Waals surface area contributed by atoms with Crippen molar-refractivity contribution in [2.75, 3.05) is 4.90 Å². The number of nitrogens with one attached hydrogen (secondary N) is 1. The number of thioether (sulfide) groups is 1. The van der Waals surface area contributed by atoms with Crippen molar-refractivity contribution >= 4 is 40.9 Å². The monoisotopic (exact) mass is 456 g/mol. The standard InChI is InChI=1S/C25H29ClN2O2S/c1-16-10-12-20(13-11-16)27-24(29)17(2)23-25(30)28(15-18-6-5-7-19(26)14-18)21-8-3-4-9-22(21)31-23/h3-9,14,16-17,20,23H,10-13,15H2,1-2H3,(H,27,29). The molecule has 0 saturated heterocycles. The fourth-order valence-corrected chi connectivity index (χ4v) is 5.91. The van der Waals surface area contributed by atoms with Crippen LogP contribution < -0.4 is 10.2 Å². The van der Waals surface area contributed by atoms with E-state index in [1.54, 1.807) is 4.90 Å². The maximum Gasteiger partial charge on any atom is 0.241 e. The maximum atomic E-state index is 13.6. The molecule has 2 amide bonds. The van der Waals surface area contributed by atoms with Crippen LogP contribution in [0.4, 0.5) is 5.69 Å². The molecular formula is C25H29ClN2O2S. The van der Waals surface area contributed by atoms with Crippen LogP contribution in [-0.4, -0.2) is 23.1 Å². The minimum Gasteiger partial charge on any atom is -0.353 e. The van der Waals surface area contributed by atoms with Gasteiger partial charge in [0.25, 0.3) is 0 Å². The number of benzene rings is 2. The summed E-state index contributed by atoms with van der Waals surface area (Å²) in [7, 11) is 0. The molecule has 4 rings (SSSR count). The first-order valence-electron chi connectivity index (χ1n) is 11.0. The van der Waals surface area contributed by atoms with Crippen LogP contribution in [0.15, 0.2) is 53.4 Å². The molecule has 0 radical (unpaired) electrons. The summed E-state index contributed by atoms with van der Waals surface area (Å²) < 4.78 is 0. The highest BCUT2D eigenvalue weighted by molar-refractivity contribution is 8.01. The Balaban J connectivity index is 1.53. The molecule has 2 aromatic rings. The maximum absolute atomic E-state index is 13.6. The van der Waals surface area contributed by atoms with Crippen molar-refractivity contribution in [1.82, 2.24) is 5.32 Å². The lowest BCUT2D eigenvalue weighted by molar-refractivity contribution is -0.129. The van der Waals surface area contributed by atoms with E-state index in [1.807, 2.05) is 55.5 Å². The second-order valence-corrected chi connectivity index (χ2v) is 10.4. The predicted molar refractivity (Wildman–Crippen MR) is 127 cm³/mol. The van der Waals surface area contributed by atoms with E-state index in [-0.39, 0.29) is 17.9 Å². The van der Waals surface area contributed by atoms with Crippen LogP contribution in [0, 0.1) is 11.8 Å². The Morgan fingerprint density at radius 2 is 1.90 bits per heavy atom. The van der Waals surface area contributed by atoms with Gasteiger partial charge in [-0.25, -0.2) is 0 Å². The van der Waals surface area contributed by atoms with Crippen LogP contribution in [0.5, 0.6) is 0 Å². The lowest BCUT2D eigenvalue weighted by Crippen LogP contribution is -2.49. The topological polar surface area (TPSA) is 49.4 Å². The molecule has 6 heteroatoms. The van der Waals surface area contributed by atoms with Crippen LogP contribution in [-0.2, 0) is 16.1 Å². The van der Waals surface area contributed by atoms with Gasteiger partial charge in [-0.15, -0.1) is 11.8 Å². The highest BCUT2D eigenvalue weighted by Gasteiger charge is 2.40. The average Bonchev–Trinajstić information content (AvgIpc) is 2.76. The largest absolute Gasteiger partial charge is 0.353 e. The molecular weight excluding hydrogens is 428 g/mol. The van der Waals surface area contributed by atoms with Gasteiger partial charge in [0.15, 0.2) is 0 Å². The van der Waals surface area contributed by atoms with Crippen molar-refractivity contribution < 1.29 is 9.59 Å². The lowest BCUT2D eigenvalue weighted by atomic mass is 9.87. The fraction of sp³-hybridized carbons (Fsp3) is 0.440. The second kappa shape index (κ2) is 9.66. The minimum absolute atomic E-state index is 0.0208. The number of hydrogen-bond acceptors (Lipinski definition) is 3. The number of para-hydroxylation sites is 1. The van der Waals surface area contributed by atoms with Gasteiger partial charge < -0.3 is 10.2 Å². The van der Waals surface area contributed by atoms with Crippen molar-refractivity contribution in [1.29, 1.82) is 0 Å². The molecule has 1 aliphatic carbocycles. The Kier molecular flexibility index (Phi) is 6.92. The molecule has 1 heterocycles. The van der Waals surface area contributed by atoms with Gasteiger partial charge in [-0.1, -0.05) is 49.7 Å². The van der Waals surface area contributed by atoms with E-state index in [0.717, 1.165) is 47.7 Å². The number of carbonyl (C=O) groups excluding carboxylic acids is 2. The molecule has 2 atom stereocenters. The van der Waals surface area contributed by atoms with Crippen molar-refractivity contribution in [3.63, 3.8) is 0 Å². The van der Waals surface area contributed by atoms with Crippen molar-refractivity contribution in [2.24, 2.45) is 11.8 Å². The Bertz CT molecular complexity index is 958. The molecule has 1 saturated carbocycles. The van der Waals surface area contributed by atoms with Gasteiger partial charge in [-0.05, 0) is 61.4 Å². The molecule has 0 spiro atoms. The summed E-state index contributed by atoms with van der Waals surface area (Å²) in [5.74, 6) is 0.278. The highest BCUT2D eigenvalue weighted by Crippen LogP contribution is 2.42. The number of halogens is 1. The number of anilines is 1. The first kappa shape index (κ1) is 22.2.